The van der Waals surface area contributed by atoms with Crippen LogP contribution in [0.15, 0.2) is 48.2 Å². The molecule has 0 spiro atoms. The molecule has 3 rings (SSSR count). The second kappa shape index (κ2) is 9.68. The van der Waals surface area contributed by atoms with Gasteiger partial charge in [0.25, 0.3) is 5.91 Å². The second-order valence-corrected chi connectivity index (χ2v) is 8.56. The highest BCUT2D eigenvalue weighted by Crippen LogP contribution is 2.42. The van der Waals surface area contributed by atoms with Gasteiger partial charge in [-0.05, 0) is 36.2 Å². The average molecular weight is 490 g/mol. The van der Waals surface area contributed by atoms with Crippen molar-refractivity contribution in [3.63, 3.8) is 0 Å². The molecular weight excluding hydrogens is 470 g/mol. The van der Waals surface area contributed by atoms with E-state index in [1.165, 1.54) is 23.9 Å². The van der Waals surface area contributed by atoms with E-state index in [9.17, 15) is 31.1 Å². The second-order valence-electron chi connectivity index (χ2n) is 7.34. The number of amides is 1. The number of aliphatic hydroxyl groups excluding tert-OH is 1. The Morgan fingerprint density at radius 1 is 1.09 bits per heavy atom. The Labute approximate surface area is 190 Å². The van der Waals surface area contributed by atoms with E-state index in [1.54, 1.807) is 13.0 Å². The van der Waals surface area contributed by atoms with E-state index in [0.717, 1.165) is 24.3 Å². The maximum absolute atomic E-state index is 13.6. The third-order valence-electron chi connectivity index (χ3n) is 4.88. The predicted octanol–water partition coefficient (Wildman–Crippen LogP) is 5.04. The van der Waals surface area contributed by atoms with Crippen LogP contribution in [-0.4, -0.2) is 29.5 Å². The van der Waals surface area contributed by atoms with E-state index in [0.29, 0.717) is 16.2 Å². The summed E-state index contributed by atoms with van der Waals surface area (Å²) in [6.45, 7) is 1.08. The molecule has 0 fully saturated rings. The molecule has 1 aliphatic heterocycles. The lowest BCUT2D eigenvalue weighted by Gasteiger charge is -2.15. The van der Waals surface area contributed by atoms with Gasteiger partial charge in [-0.3, -0.25) is 4.79 Å². The van der Waals surface area contributed by atoms with Gasteiger partial charge in [0, 0.05) is 23.6 Å². The smallest absolute Gasteiger partial charge is 0.395 e. The summed E-state index contributed by atoms with van der Waals surface area (Å²) in [6, 6.07) is 8.26. The molecule has 178 valence electrons. The number of hydrogen-bond donors (Lipinski definition) is 3. The quantitative estimate of drug-likeness (QED) is 0.497. The molecule has 1 amide bonds. The highest BCUT2D eigenvalue weighted by atomic mass is 32.2. The van der Waals surface area contributed by atoms with E-state index < -0.39 is 41.6 Å². The van der Waals surface area contributed by atoms with Crippen LogP contribution in [0.3, 0.4) is 0 Å². The fraction of sp³-hybridized carbons (Fsp3) is 0.318. The molecular formula is C22H20F6N2O2S. The van der Waals surface area contributed by atoms with Crippen molar-refractivity contribution in [3.8, 4) is 0 Å². The van der Waals surface area contributed by atoms with Crippen LogP contribution in [0.25, 0.3) is 4.91 Å². The lowest BCUT2D eigenvalue weighted by molar-refractivity contribution is -0.138. The van der Waals surface area contributed by atoms with Crippen molar-refractivity contribution < 1.29 is 36.2 Å². The number of rotatable bonds is 6. The Morgan fingerprint density at radius 3 is 2.45 bits per heavy atom. The van der Waals surface area contributed by atoms with Gasteiger partial charge >= 0.3 is 12.4 Å². The normalized spacial score (nSPS) is 16.7. The number of thioether (sulfide) groups is 1. The van der Waals surface area contributed by atoms with Gasteiger partial charge in [-0.25, -0.2) is 0 Å². The summed E-state index contributed by atoms with van der Waals surface area (Å²) >= 11 is 1.21. The fourth-order valence-electron chi connectivity index (χ4n) is 3.42. The first-order chi connectivity index (χ1) is 15.4. The van der Waals surface area contributed by atoms with E-state index in [1.807, 2.05) is 0 Å². The number of hydrogen-bond acceptors (Lipinski definition) is 4. The van der Waals surface area contributed by atoms with Crippen molar-refractivity contribution in [1.29, 1.82) is 0 Å². The number of allylic oxidation sites excluding steroid dienone is 1. The van der Waals surface area contributed by atoms with E-state index >= 15 is 0 Å². The minimum atomic E-state index is -4.79. The maximum Gasteiger partial charge on any atom is 0.417 e. The first-order valence-electron chi connectivity index (χ1n) is 9.81. The number of carbonyl (C=O) groups excluding carboxylic acids is 1. The van der Waals surface area contributed by atoms with Crippen LogP contribution in [0.2, 0.25) is 0 Å². The highest BCUT2D eigenvalue weighted by molar-refractivity contribution is 8.09. The molecule has 3 N–H and O–H groups in total. The fourth-order valence-corrected chi connectivity index (χ4v) is 4.71. The SMILES string of the molecule is CC1=C(c2ccc(C(=O)NCCO)c(C(F)(F)F)c2)SC(Cc2cccc(C(F)(F)F)c2)N1. The van der Waals surface area contributed by atoms with E-state index in [4.69, 9.17) is 5.11 Å². The Kier molecular flexibility index (Phi) is 7.32. The van der Waals surface area contributed by atoms with Crippen molar-refractivity contribution in [2.45, 2.75) is 31.1 Å². The Balaban J connectivity index is 1.82. The zero-order valence-electron chi connectivity index (χ0n) is 17.3. The van der Waals surface area contributed by atoms with Gasteiger partial charge in [0.2, 0.25) is 0 Å². The first kappa shape index (κ1) is 25.0. The van der Waals surface area contributed by atoms with E-state index in [2.05, 4.69) is 10.6 Å². The Morgan fingerprint density at radius 2 is 1.82 bits per heavy atom. The van der Waals surface area contributed by atoms with Gasteiger partial charge in [-0.1, -0.05) is 36.0 Å². The molecule has 2 aromatic rings. The minimum absolute atomic E-state index is 0.181. The molecule has 11 heteroatoms. The van der Waals surface area contributed by atoms with Gasteiger partial charge in [0.1, 0.15) is 0 Å². The molecule has 0 aromatic heterocycles. The molecule has 0 saturated heterocycles. The lowest BCUT2D eigenvalue weighted by Crippen LogP contribution is -2.28. The largest absolute Gasteiger partial charge is 0.417 e. The molecule has 0 bridgehead atoms. The Bertz CT molecular complexity index is 1070. The molecule has 4 nitrogen and oxygen atoms in total. The van der Waals surface area contributed by atoms with E-state index in [-0.39, 0.29) is 23.9 Å². The van der Waals surface area contributed by atoms with Crippen LogP contribution < -0.4 is 10.6 Å². The van der Waals surface area contributed by atoms with Crippen molar-refractivity contribution in [2.75, 3.05) is 13.2 Å². The van der Waals surface area contributed by atoms with Crippen molar-refractivity contribution >= 4 is 22.6 Å². The van der Waals surface area contributed by atoms with Crippen LogP contribution in [0.5, 0.6) is 0 Å². The monoisotopic (exact) mass is 490 g/mol. The number of carbonyl (C=O) groups is 1. The molecule has 1 aliphatic rings. The summed E-state index contributed by atoms with van der Waals surface area (Å²) in [5.41, 5.74) is -1.18. The summed E-state index contributed by atoms with van der Waals surface area (Å²) in [7, 11) is 0. The highest BCUT2D eigenvalue weighted by Gasteiger charge is 2.36. The van der Waals surface area contributed by atoms with Gasteiger partial charge in [-0.15, -0.1) is 0 Å². The summed E-state index contributed by atoms with van der Waals surface area (Å²) in [5.74, 6) is -0.951. The minimum Gasteiger partial charge on any atom is -0.395 e. The molecule has 0 radical (unpaired) electrons. The molecule has 1 unspecified atom stereocenters. The van der Waals surface area contributed by atoms with Crippen molar-refractivity contribution in [2.24, 2.45) is 0 Å². The zero-order chi connectivity index (χ0) is 24.4. The molecule has 0 saturated carbocycles. The number of aliphatic hydroxyl groups is 1. The third-order valence-corrected chi connectivity index (χ3v) is 6.23. The Hall–Kier alpha value is -2.66. The third kappa shape index (κ3) is 6.02. The summed E-state index contributed by atoms with van der Waals surface area (Å²) in [4.78, 5) is 12.6. The number of nitrogens with one attached hydrogen (secondary N) is 2. The van der Waals surface area contributed by atoms with Gasteiger partial charge in [0.05, 0.1) is 28.7 Å². The van der Waals surface area contributed by atoms with Crippen molar-refractivity contribution in [1.82, 2.24) is 10.6 Å². The molecule has 2 aromatic carbocycles. The topological polar surface area (TPSA) is 61.4 Å². The van der Waals surface area contributed by atoms with Crippen LogP contribution in [0, 0.1) is 0 Å². The zero-order valence-corrected chi connectivity index (χ0v) is 18.1. The summed E-state index contributed by atoms with van der Waals surface area (Å²) in [6.07, 6.45) is -9.03. The number of benzene rings is 2. The molecule has 33 heavy (non-hydrogen) atoms. The van der Waals surface area contributed by atoms with Crippen LogP contribution in [-0.2, 0) is 18.8 Å². The molecule has 1 heterocycles. The molecule has 1 atom stereocenters. The van der Waals surface area contributed by atoms with Crippen LogP contribution >= 0.6 is 11.8 Å². The van der Waals surface area contributed by atoms with Gasteiger partial charge in [0.15, 0.2) is 0 Å². The van der Waals surface area contributed by atoms with Crippen LogP contribution in [0.4, 0.5) is 26.3 Å². The number of halogens is 6. The average Bonchev–Trinajstić information content (AvgIpc) is 3.10. The summed E-state index contributed by atoms with van der Waals surface area (Å²) < 4.78 is 79.8. The molecule has 0 aliphatic carbocycles. The van der Waals surface area contributed by atoms with Crippen LogP contribution in [0.1, 0.15) is 39.5 Å². The maximum atomic E-state index is 13.6. The predicted molar refractivity (Wildman–Crippen MR) is 113 cm³/mol. The first-order valence-corrected chi connectivity index (χ1v) is 10.7. The standard InChI is InChI=1S/C22H20F6N2O2S/c1-12-19(33-18(30-12)10-13-3-2-4-15(9-13)21(23,24)25)14-5-6-16(20(32)29-7-8-31)17(11-14)22(26,27)28/h2-6,9,11,18,30-31H,7-8,10H2,1H3,(H,29,32). The summed E-state index contributed by atoms with van der Waals surface area (Å²) in [5, 5.41) is 13.7. The van der Waals surface area contributed by atoms with Gasteiger partial charge < -0.3 is 15.7 Å². The van der Waals surface area contributed by atoms with Gasteiger partial charge in [-0.2, -0.15) is 26.3 Å². The van der Waals surface area contributed by atoms with Crippen molar-refractivity contribution in [3.05, 3.63) is 76.0 Å². The lowest BCUT2D eigenvalue weighted by atomic mass is 10.0. The number of alkyl halides is 6.